The maximum Gasteiger partial charge on any atom is 0.311 e. The number of benzene rings is 1. The number of rotatable bonds is 2. The van der Waals surface area contributed by atoms with Crippen LogP contribution >= 0.6 is 0 Å². The first kappa shape index (κ1) is 11.9. The minimum Gasteiger partial charge on any atom is -0.363 e. The molecule has 1 aliphatic heterocycles. The Kier molecular flexibility index (Phi) is 3.00. The van der Waals surface area contributed by atoms with E-state index < -0.39 is 0 Å². The van der Waals surface area contributed by atoms with Gasteiger partial charge in [-0.3, -0.25) is 10.1 Å². The summed E-state index contributed by atoms with van der Waals surface area (Å²) in [7, 11) is 0. The average Bonchev–Trinajstić information content (AvgIpc) is 2.46. The van der Waals surface area contributed by atoms with Gasteiger partial charge in [0.15, 0.2) is 0 Å². The number of nitrogens with one attached hydrogen (secondary N) is 1. The number of hydrogen-bond donors (Lipinski definition) is 1. The molecule has 3 rings (SSSR count). The number of nitro groups is 1. The van der Waals surface area contributed by atoms with Gasteiger partial charge in [-0.15, -0.1) is 0 Å². The Morgan fingerprint density at radius 3 is 2.74 bits per heavy atom. The highest BCUT2D eigenvalue weighted by Gasteiger charge is 2.24. The summed E-state index contributed by atoms with van der Waals surface area (Å²) in [5.41, 5.74) is 1.57. The highest BCUT2D eigenvalue weighted by atomic mass is 16.6. The van der Waals surface area contributed by atoms with E-state index in [0.29, 0.717) is 5.69 Å². The van der Waals surface area contributed by atoms with Crippen molar-refractivity contribution in [2.75, 3.05) is 31.1 Å². The van der Waals surface area contributed by atoms with E-state index in [1.165, 1.54) is 6.20 Å². The van der Waals surface area contributed by atoms with Gasteiger partial charge in [0.1, 0.15) is 11.9 Å². The number of nitrogens with zero attached hydrogens (tertiary/aromatic N) is 3. The Labute approximate surface area is 110 Å². The lowest BCUT2D eigenvalue weighted by atomic mass is 10.1. The summed E-state index contributed by atoms with van der Waals surface area (Å²) in [6.07, 6.45) is 1.36. The van der Waals surface area contributed by atoms with E-state index in [1.807, 2.05) is 24.3 Å². The van der Waals surface area contributed by atoms with Crippen LogP contribution in [0.15, 0.2) is 30.5 Å². The quantitative estimate of drug-likeness (QED) is 0.653. The molecular formula is C13H14N4O2. The van der Waals surface area contributed by atoms with Crippen molar-refractivity contribution in [3.8, 4) is 0 Å². The number of aromatic nitrogens is 1. The van der Waals surface area contributed by atoms with Crippen LogP contribution in [0.4, 0.5) is 11.4 Å². The van der Waals surface area contributed by atoms with Gasteiger partial charge in [-0.2, -0.15) is 0 Å². The highest BCUT2D eigenvalue weighted by molar-refractivity contribution is 5.96. The van der Waals surface area contributed by atoms with Crippen molar-refractivity contribution >= 4 is 22.3 Å². The molecule has 1 aromatic carbocycles. The molecule has 1 saturated heterocycles. The van der Waals surface area contributed by atoms with Gasteiger partial charge in [0.25, 0.3) is 0 Å². The van der Waals surface area contributed by atoms with E-state index in [0.717, 1.165) is 37.1 Å². The SMILES string of the molecule is O=[N+]([O-])c1cnc2ccccc2c1N1CCNCC1. The van der Waals surface area contributed by atoms with Crippen molar-refractivity contribution in [3.63, 3.8) is 0 Å². The fourth-order valence-corrected chi connectivity index (χ4v) is 2.47. The molecular weight excluding hydrogens is 244 g/mol. The lowest BCUT2D eigenvalue weighted by Gasteiger charge is -2.29. The van der Waals surface area contributed by atoms with Gasteiger partial charge in [-0.25, -0.2) is 4.98 Å². The fraction of sp³-hybridized carbons (Fsp3) is 0.308. The zero-order valence-electron chi connectivity index (χ0n) is 10.4. The average molecular weight is 258 g/mol. The first-order valence-corrected chi connectivity index (χ1v) is 6.25. The number of anilines is 1. The largest absolute Gasteiger partial charge is 0.363 e. The molecule has 0 bridgehead atoms. The molecule has 6 nitrogen and oxygen atoms in total. The van der Waals surface area contributed by atoms with Gasteiger partial charge in [-0.05, 0) is 6.07 Å². The minimum absolute atomic E-state index is 0.0839. The molecule has 2 heterocycles. The first-order chi connectivity index (χ1) is 9.27. The summed E-state index contributed by atoms with van der Waals surface area (Å²) in [4.78, 5) is 17.1. The number of piperazine rings is 1. The lowest BCUT2D eigenvalue weighted by molar-refractivity contribution is -0.384. The van der Waals surface area contributed by atoms with Crippen molar-refractivity contribution < 1.29 is 4.92 Å². The molecule has 0 radical (unpaired) electrons. The van der Waals surface area contributed by atoms with Gasteiger partial charge in [0.2, 0.25) is 0 Å². The topological polar surface area (TPSA) is 71.3 Å². The van der Waals surface area contributed by atoms with Crippen LogP contribution in [0, 0.1) is 10.1 Å². The molecule has 0 saturated carbocycles. The van der Waals surface area contributed by atoms with Crippen molar-refractivity contribution in [2.24, 2.45) is 0 Å². The van der Waals surface area contributed by atoms with Gasteiger partial charge >= 0.3 is 5.69 Å². The maximum absolute atomic E-state index is 11.2. The Morgan fingerprint density at radius 2 is 2.00 bits per heavy atom. The zero-order valence-corrected chi connectivity index (χ0v) is 10.4. The third-order valence-corrected chi connectivity index (χ3v) is 3.36. The number of fused-ring (bicyclic) bond motifs is 1. The van der Waals surface area contributed by atoms with Gasteiger partial charge in [0.05, 0.1) is 10.4 Å². The van der Waals surface area contributed by atoms with E-state index >= 15 is 0 Å². The van der Waals surface area contributed by atoms with E-state index in [9.17, 15) is 10.1 Å². The van der Waals surface area contributed by atoms with Crippen LogP contribution in [-0.2, 0) is 0 Å². The van der Waals surface area contributed by atoms with Gasteiger partial charge < -0.3 is 10.2 Å². The highest BCUT2D eigenvalue weighted by Crippen LogP contribution is 2.34. The summed E-state index contributed by atoms with van der Waals surface area (Å²) >= 11 is 0. The smallest absolute Gasteiger partial charge is 0.311 e. The molecule has 98 valence electrons. The van der Waals surface area contributed by atoms with E-state index in [1.54, 1.807) is 0 Å². The van der Waals surface area contributed by atoms with Crippen molar-refractivity contribution in [1.82, 2.24) is 10.3 Å². The van der Waals surface area contributed by atoms with Crippen LogP contribution in [0.2, 0.25) is 0 Å². The van der Waals surface area contributed by atoms with Crippen LogP contribution in [0.1, 0.15) is 0 Å². The second-order valence-electron chi connectivity index (χ2n) is 4.50. The molecule has 0 unspecified atom stereocenters. The molecule has 0 amide bonds. The predicted molar refractivity (Wildman–Crippen MR) is 73.5 cm³/mol. The monoisotopic (exact) mass is 258 g/mol. The number of para-hydroxylation sites is 1. The standard InChI is InChI=1S/C13H14N4O2/c18-17(19)12-9-15-11-4-2-1-3-10(11)13(12)16-7-5-14-6-8-16/h1-4,9,14H,5-8H2. The summed E-state index contributed by atoms with van der Waals surface area (Å²) in [6.45, 7) is 3.23. The Bertz CT molecular complexity index is 623. The van der Waals surface area contributed by atoms with Crippen molar-refractivity contribution in [3.05, 3.63) is 40.6 Å². The fourth-order valence-electron chi connectivity index (χ4n) is 2.47. The molecule has 0 spiro atoms. The summed E-state index contributed by atoms with van der Waals surface area (Å²) < 4.78 is 0. The van der Waals surface area contributed by atoms with Crippen LogP contribution in [0.5, 0.6) is 0 Å². The molecule has 1 aromatic heterocycles. The second kappa shape index (κ2) is 4.81. The van der Waals surface area contributed by atoms with Gasteiger partial charge in [0, 0.05) is 31.6 Å². The molecule has 0 aliphatic carbocycles. The predicted octanol–water partition coefficient (Wildman–Crippen LogP) is 1.55. The Balaban J connectivity index is 2.21. The van der Waals surface area contributed by atoms with Crippen LogP contribution in [0.25, 0.3) is 10.9 Å². The molecule has 0 atom stereocenters. The lowest BCUT2D eigenvalue weighted by Crippen LogP contribution is -2.43. The molecule has 1 N–H and O–H groups in total. The van der Waals surface area contributed by atoms with Crippen molar-refractivity contribution in [2.45, 2.75) is 0 Å². The van der Waals surface area contributed by atoms with E-state index in [4.69, 9.17) is 0 Å². The molecule has 2 aromatic rings. The molecule has 6 heteroatoms. The molecule has 19 heavy (non-hydrogen) atoms. The third-order valence-electron chi connectivity index (χ3n) is 3.36. The molecule has 1 fully saturated rings. The Hall–Kier alpha value is -2.21. The minimum atomic E-state index is -0.350. The zero-order chi connectivity index (χ0) is 13.2. The summed E-state index contributed by atoms with van der Waals surface area (Å²) in [5.74, 6) is 0. The van der Waals surface area contributed by atoms with E-state index in [-0.39, 0.29) is 10.6 Å². The van der Waals surface area contributed by atoms with Gasteiger partial charge in [-0.1, -0.05) is 18.2 Å². The molecule has 1 aliphatic rings. The summed E-state index contributed by atoms with van der Waals surface area (Å²) in [5, 5.41) is 15.3. The van der Waals surface area contributed by atoms with Crippen LogP contribution in [-0.4, -0.2) is 36.1 Å². The first-order valence-electron chi connectivity index (χ1n) is 6.25. The summed E-state index contributed by atoms with van der Waals surface area (Å²) in [6, 6.07) is 7.56. The van der Waals surface area contributed by atoms with Crippen molar-refractivity contribution in [1.29, 1.82) is 0 Å². The van der Waals surface area contributed by atoms with E-state index in [2.05, 4.69) is 15.2 Å². The third kappa shape index (κ3) is 2.10. The maximum atomic E-state index is 11.2. The Morgan fingerprint density at radius 1 is 1.26 bits per heavy atom. The second-order valence-corrected chi connectivity index (χ2v) is 4.50. The normalized spacial score (nSPS) is 15.7. The number of hydrogen-bond acceptors (Lipinski definition) is 5. The number of pyridine rings is 1. The van der Waals surface area contributed by atoms with Crippen LogP contribution in [0.3, 0.4) is 0 Å². The van der Waals surface area contributed by atoms with Crippen LogP contribution < -0.4 is 10.2 Å².